The Bertz CT molecular complexity index is 880. The highest BCUT2D eigenvalue weighted by molar-refractivity contribution is 6.33. The van der Waals surface area contributed by atoms with Crippen LogP contribution >= 0.6 is 11.6 Å². The van der Waals surface area contributed by atoms with E-state index >= 15 is 0 Å². The van der Waals surface area contributed by atoms with Crippen LogP contribution in [0.15, 0.2) is 67.0 Å². The lowest BCUT2D eigenvalue weighted by molar-refractivity contribution is 0.102. The van der Waals surface area contributed by atoms with E-state index in [2.05, 4.69) is 15.6 Å². The van der Waals surface area contributed by atoms with E-state index < -0.39 is 0 Å². The zero-order valence-corrected chi connectivity index (χ0v) is 13.8. The molecule has 2 N–H and O–H groups in total. The van der Waals surface area contributed by atoms with Crippen LogP contribution in [0, 0.1) is 6.92 Å². The molecule has 2 aromatic carbocycles. The first-order valence-electron chi connectivity index (χ1n) is 7.46. The molecule has 0 atom stereocenters. The molecule has 0 aliphatic heterocycles. The number of nitrogens with zero attached hydrogens (tertiary/aromatic N) is 1. The molecule has 0 saturated heterocycles. The molecular weight excluding hydrogens is 322 g/mol. The summed E-state index contributed by atoms with van der Waals surface area (Å²) in [5, 5.41) is 6.64. The summed E-state index contributed by atoms with van der Waals surface area (Å²) in [6.07, 6.45) is 3.18. The fraction of sp³-hybridized carbons (Fsp3) is 0.0526. The van der Waals surface area contributed by atoms with Crippen molar-refractivity contribution in [1.29, 1.82) is 0 Å². The number of hydrogen-bond donors (Lipinski definition) is 2. The molecule has 0 spiro atoms. The molecule has 0 aliphatic carbocycles. The highest BCUT2D eigenvalue weighted by atomic mass is 35.5. The Morgan fingerprint density at radius 1 is 1.00 bits per heavy atom. The molecular formula is C19H16ClN3O. The van der Waals surface area contributed by atoms with E-state index in [4.69, 9.17) is 11.6 Å². The zero-order valence-electron chi connectivity index (χ0n) is 13.1. The van der Waals surface area contributed by atoms with Gasteiger partial charge in [-0.2, -0.15) is 0 Å². The topological polar surface area (TPSA) is 54.0 Å². The number of para-hydroxylation sites is 1. The predicted octanol–water partition coefficient (Wildman–Crippen LogP) is 5.04. The molecule has 4 nitrogen and oxygen atoms in total. The Morgan fingerprint density at radius 2 is 1.83 bits per heavy atom. The Balaban J connectivity index is 1.77. The molecule has 5 heteroatoms. The quantitative estimate of drug-likeness (QED) is 0.701. The molecule has 0 aliphatic rings. The lowest BCUT2D eigenvalue weighted by atomic mass is 10.2. The fourth-order valence-corrected chi connectivity index (χ4v) is 2.46. The van der Waals surface area contributed by atoms with Crippen LogP contribution in [0.25, 0.3) is 0 Å². The molecule has 1 amide bonds. The second-order valence-electron chi connectivity index (χ2n) is 5.39. The van der Waals surface area contributed by atoms with E-state index in [1.54, 1.807) is 18.3 Å². The number of halogens is 1. The second kappa shape index (κ2) is 7.15. The third-order valence-corrected chi connectivity index (χ3v) is 3.76. The lowest BCUT2D eigenvalue weighted by Gasteiger charge is -2.10. The molecule has 0 radical (unpaired) electrons. The van der Waals surface area contributed by atoms with Gasteiger partial charge in [0.2, 0.25) is 0 Å². The van der Waals surface area contributed by atoms with E-state index in [1.165, 1.54) is 6.20 Å². The SMILES string of the molecule is Cc1cccc(NC(=O)c2cncc(Nc3ccccc3Cl)c2)c1. The zero-order chi connectivity index (χ0) is 16.9. The van der Waals surface area contributed by atoms with Crippen molar-refractivity contribution < 1.29 is 4.79 Å². The van der Waals surface area contributed by atoms with Gasteiger partial charge in [-0.1, -0.05) is 35.9 Å². The van der Waals surface area contributed by atoms with Gasteiger partial charge in [0.1, 0.15) is 0 Å². The van der Waals surface area contributed by atoms with E-state index in [-0.39, 0.29) is 5.91 Å². The number of anilines is 3. The monoisotopic (exact) mass is 337 g/mol. The third-order valence-electron chi connectivity index (χ3n) is 3.43. The summed E-state index contributed by atoms with van der Waals surface area (Å²) in [6, 6.07) is 16.8. The highest BCUT2D eigenvalue weighted by Gasteiger charge is 2.08. The predicted molar refractivity (Wildman–Crippen MR) is 98.1 cm³/mol. The maximum absolute atomic E-state index is 12.4. The molecule has 0 saturated carbocycles. The van der Waals surface area contributed by atoms with Crippen molar-refractivity contribution in [3.63, 3.8) is 0 Å². The van der Waals surface area contributed by atoms with E-state index in [9.17, 15) is 4.79 Å². The van der Waals surface area contributed by atoms with Crippen molar-refractivity contribution >= 4 is 34.6 Å². The van der Waals surface area contributed by atoms with Crippen molar-refractivity contribution in [1.82, 2.24) is 4.98 Å². The normalized spacial score (nSPS) is 10.2. The smallest absolute Gasteiger partial charge is 0.257 e. The minimum absolute atomic E-state index is 0.212. The van der Waals surface area contributed by atoms with Gasteiger partial charge in [-0.3, -0.25) is 9.78 Å². The summed E-state index contributed by atoms with van der Waals surface area (Å²) in [7, 11) is 0. The molecule has 0 bridgehead atoms. The molecule has 1 aromatic heterocycles. The van der Waals surface area contributed by atoms with Gasteiger partial charge in [-0.25, -0.2) is 0 Å². The summed E-state index contributed by atoms with van der Waals surface area (Å²) in [5.41, 5.74) is 3.76. The summed E-state index contributed by atoms with van der Waals surface area (Å²) < 4.78 is 0. The number of hydrogen-bond acceptors (Lipinski definition) is 3. The van der Waals surface area contributed by atoms with Crippen LogP contribution in [-0.2, 0) is 0 Å². The number of aryl methyl sites for hydroxylation is 1. The summed E-state index contributed by atoms with van der Waals surface area (Å²) in [6.45, 7) is 1.98. The van der Waals surface area contributed by atoms with Gasteiger partial charge < -0.3 is 10.6 Å². The van der Waals surface area contributed by atoms with Crippen molar-refractivity contribution in [2.75, 3.05) is 10.6 Å². The van der Waals surface area contributed by atoms with Crippen molar-refractivity contribution in [2.24, 2.45) is 0 Å². The number of aromatic nitrogens is 1. The van der Waals surface area contributed by atoms with Gasteiger partial charge in [0.05, 0.1) is 28.2 Å². The fourth-order valence-electron chi connectivity index (χ4n) is 2.28. The van der Waals surface area contributed by atoms with E-state index in [0.717, 1.165) is 16.9 Å². The van der Waals surface area contributed by atoms with Gasteiger partial charge in [0.15, 0.2) is 0 Å². The molecule has 3 aromatic rings. The largest absolute Gasteiger partial charge is 0.353 e. The molecule has 0 unspecified atom stereocenters. The van der Waals surface area contributed by atoms with Crippen molar-refractivity contribution in [3.05, 3.63) is 83.1 Å². The van der Waals surface area contributed by atoms with Gasteiger partial charge in [-0.15, -0.1) is 0 Å². The third kappa shape index (κ3) is 3.91. The molecule has 1 heterocycles. The Morgan fingerprint density at radius 3 is 2.62 bits per heavy atom. The molecule has 120 valence electrons. The molecule has 3 rings (SSSR count). The maximum atomic E-state index is 12.4. The number of nitrogens with one attached hydrogen (secondary N) is 2. The van der Waals surface area contributed by atoms with Gasteiger partial charge >= 0.3 is 0 Å². The number of benzene rings is 2. The Kier molecular flexibility index (Phi) is 4.77. The van der Waals surface area contributed by atoms with Crippen LogP contribution in [0.4, 0.5) is 17.1 Å². The maximum Gasteiger partial charge on any atom is 0.257 e. The highest BCUT2D eigenvalue weighted by Crippen LogP contribution is 2.25. The lowest BCUT2D eigenvalue weighted by Crippen LogP contribution is -2.12. The minimum Gasteiger partial charge on any atom is -0.353 e. The Hall–Kier alpha value is -2.85. The van der Waals surface area contributed by atoms with Crippen LogP contribution in [0.1, 0.15) is 15.9 Å². The minimum atomic E-state index is -0.212. The van der Waals surface area contributed by atoms with Crippen molar-refractivity contribution in [2.45, 2.75) is 6.92 Å². The molecule has 24 heavy (non-hydrogen) atoms. The Labute approximate surface area is 145 Å². The van der Waals surface area contributed by atoms with Crippen LogP contribution in [0.3, 0.4) is 0 Å². The van der Waals surface area contributed by atoms with Gasteiger partial charge in [0, 0.05) is 11.9 Å². The summed E-state index contributed by atoms with van der Waals surface area (Å²) in [4.78, 5) is 16.5. The van der Waals surface area contributed by atoms with Gasteiger partial charge in [-0.05, 0) is 42.8 Å². The number of carbonyl (C=O) groups is 1. The van der Waals surface area contributed by atoms with Gasteiger partial charge in [0.25, 0.3) is 5.91 Å². The van der Waals surface area contributed by atoms with E-state index in [0.29, 0.717) is 16.3 Å². The standard InChI is InChI=1S/C19H16ClN3O/c1-13-5-4-6-15(9-13)23-19(24)14-10-16(12-21-11-14)22-18-8-3-2-7-17(18)20/h2-12,22H,1H3,(H,23,24). The average molecular weight is 338 g/mol. The summed E-state index contributed by atoms with van der Waals surface area (Å²) >= 11 is 6.14. The first-order valence-corrected chi connectivity index (χ1v) is 7.84. The first-order chi connectivity index (χ1) is 11.6. The second-order valence-corrected chi connectivity index (χ2v) is 5.80. The van der Waals surface area contributed by atoms with Crippen LogP contribution in [0.2, 0.25) is 5.02 Å². The van der Waals surface area contributed by atoms with E-state index in [1.807, 2.05) is 49.4 Å². The van der Waals surface area contributed by atoms with Crippen LogP contribution in [-0.4, -0.2) is 10.9 Å². The number of rotatable bonds is 4. The number of amides is 1. The average Bonchev–Trinajstić information content (AvgIpc) is 2.57. The van der Waals surface area contributed by atoms with Crippen molar-refractivity contribution in [3.8, 4) is 0 Å². The first kappa shape index (κ1) is 16.0. The number of pyridine rings is 1. The molecule has 0 fully saturated rings. The number of carbonyl (C=O) groups excluding carboxylic acids is 1. The summed E-state index contributed by atoms with van der Waals surface area (Å²) in [5.74, 6) is -0.212. The van der Waals surface area contributed by atoms with Crippen LogP contribution < -0.4 is 10.6 Å². The van der Waals surface area contributed by atoms with Crippen LogP contribution in [0.5, 0.6) is 0 Å².